The van der Waals surface area contributed by atoms with Crippen molar-refractivity contribution in [3.05, 3.63) is 29.6 Å². The summed E-state index contributed by atoms with van der Waals surface area (Å²) in [5, 5.41) is 3.44. The molecule has 2 aliphatic heterocycles. The molecule has 0 amide bonds. The van der Waals surface area contributed by atoms with Crippen LogP contribution in [0.2, 0.25) is 0 Å². The second-order valence-electron chi connectivity index (χ2n) is 5.92. The van der Waals surface area contributed by atoms with Gasteiger partial charge in [-0.15, -0.1) is 0 Å². The Balaban J connectivity index is 1.86. The number of nitrogens with one attached hydrogen (secondary N) is 1. The monoisotopic (exact) mass is 298 g/mol. The Morgan fingerprint density at radius 3 is 2.52 bits per heavy atom. The van der Waals surface area contributed by atoms with Crippen molar-refractivity contribution in [3.8, 4) is 0 Å². The fraction of sp³-hybridized carbons (Fsp3) is 0.600. The van der Waals surface area contributed by atoms with E-state index in [2.05, 4.69) is 10.3 Å². The number of Topliss-reactive ketones (excluding diaryl/α,β-unsaturated/α-hetero) is 1. The zero-order chi connectivity index (χ0) is 15.0. The summed E-state index contributed by atoms with van der Waals surface area (Å²) in [4.78, 5) is 15.9. The Kier molecular flexibility index (Phi) is 3.73. The number of rotatable bonds is 2. The highest BCUT2D eigenvalue weighted by atomic mass is 19.4. The van der Waals surface area contributed by atoms with Crippen LogP contribution in [-0.4, -0.2) is 22.9 Å². The molecule has 0 aliphatic carbocycles. The molecule has 0 aromatic carbocycles. The van der Waals surface area contributed by atoms with E-state index in [9.17, 15) is 18.0 Å². The molecule has 2 fully saturated rings. The van der Waals surface area contributed by atoms with Crippen molar-refractivity contribution in [3.63, 3.8) is 0 Å². The summed E-state index contributed by atoms with van der Waals surface area (Å²) < 4.78 is 38.9. The zero-order valence-electron chi connectivity index (χ0n) is 11.5. The summed E-state index contributed by atoms with van der Waals surface area (Å²) in [5.41, 5.74) is -1.34. The molecule has 2 bridgehead atoms. The summed E-state index contributed by atoms with van der Waals surface area (Å²) in [5.74, 6) is -0.735. The lowest BCUT2D eigenvalue weighted by Gasteiger charge is -2.39. The third-order valence-corrected chi connectivity index (χ3v) is 4.43. The number of aromatic nitrogens is 1. The van der Waals surface area contributed by atoms with Gasteiger partial charge in [0.1, 0.15) is 0 Å². The van der Waals surface area contributed by atoms with Crippen LogP contribution in [0.3, 0.4) is 0 Å². The fourth-order valence-corrected chi connectivity index (χ4v) is 3.53. The average Bonchev–Trinajstić information content (AvgIpc) is 2.45. The first kappa shape index (κ1) is 14.5. The average molecular weight is 298 g/mol. The predicted molar refractivity (Wildman–Crippen MR) is 70.9 cm³/mol. The molecule has 114 valence electrons. The van der Waals surface area contributed by atoms with Crippen LogP contribution in [0.1, 0.15) is 48.2 Å². The standard InChI is InChI=1S/C15H17F3N2O/c16-15(17,18)14-12(5-2-6-19-14)13(21)9-7-10-3-1-4-11(8-9)20-10/h2,5-6,9-11,20H,1,3-4,7-8H2. The highest BCUT2D eigenvalue weighted by Crippen LogP contribution is 2.35. The third-order valence-electron chi connectivity index (χ3n) is 4.43. The summed E-state index contributed by atoms with van der Waals surface area (Å²) in [6.45, 7) is 0. The molecule has 3 nitrogen and oxygen atoms in total. The Labute approximate surface area is 120 Å². The van der Waals surface area contributed by atoms with E-state index < -0.39 is 17.7 Å². The number of ketones is 1. The number of carbonyl (C=O) groups excluding carboxylic acids is 1. The number of fused-ring (bicyclic) bond motifs is 2. The van der Waals surface area contributed by atoms with Crippen LogP contribution >= 0.6 is 0 Å². The summed E-state index contributed by atoms with van der Waals surface area (Å²) in [7, 11) is 0. The summed E-state index contributed by atoms with van der Waals surface area (Å²) >= 11 is 0. The van der Waals surface area contributed by atoms with E-state index in [1.54, 1.807) is 0 Å². The smallest absolute Gasteiger partial charge is 0.311 e. The van der Waals surface area contributed by atoms with Crippen LogP contribution in [0.4, 0.5) is 13.2 Å². The summed E-state index contributed by atoms with van der Waals surface area (Å²) in [6, 6.07) is 3.16. The van der Waals surface area contributed by atoms with E-state index in [-0.39, 0.29) is 23.6 Å². The summed E-state index contributed by atoms with van der Waals surface area (Å²) in [6.07, 6.45) is 0.873. The van der Waals surface area contributed by atoms with Gasteiger partial charge in [0.05, 0.1) is 0 Å². The van der Waals surface area contributed by atoms with Gasteiger partial charge in [-0.3, -0.25) is 9.78 Å². The molecule has 3 rings (SSSR count). The van der Waals surface area contributed by atoms with Gasteiger partial charge in [-0.2, -0.15) is 13.2 Å². The van der Waals surface area contributed by atoms with Gasteiger partial charge in [-0.1, -0.05) is 6.42 Å². The van der Waals surface area contributed by atoms with Crippen molar-refractivity contribution >= 4 is 5.78 Å². The highest BCUT2D eigenvalue weighted by Gasteiger charge is 2.40. The molecule has 0 radical (unpaired) electrons. The first-order chi connectivity index (χ1) is 9.95. The normalized spacial score (nSPS) is 29.2. The lowest BCUT2D eigenvalue weighted by atomic mass is 9.77. The second kappa shape index (κ2) is 5.40. The van der Waals surface area contributed by atoms with Crippen molar-refractivity contribution in [1.82, 2.24) is 10.3 Å². The van der Waals surface area contributed by atoms with Gasteiger partial charge in [0.25, 0.3) is 0 Å². The maximum absolute atomic E-state index is 13.0. The SMILES string of the molecule is O=C(c1cccnc1C(F)(F)F)C1CC2CCCC(C1)N2. The maximum Gasteiger partial charge on any atom is 0.434 e. The molecule has 2 saturated heterocycles. The number of hydrogen-bond donors (Lipinski definition) is 1. The second-order valence-corrected chi connectivity index (χ2v) is 5.92. The van der Waals surface area contributed by atoms with Gasteiger partial charge in [0.2, 0.25) is 0 Å². The number of carbonyl (C=O) groups is 1. The fourth-order valence-electron chi connectivity index (χ4n) is 3.53. The van der Waals surface area contributed by atoms with Crippen LogP contribution in [0, 0.1) is 5.92 Å². The molecule has 2 unspecified atom stereocenters. The Morgan fingerprint density at radius 2 is 1.90 bits per heavy atom. The van der Waals surface area contributed by atoms with Gasteiger partial charge >= 0.3 is 6.18 Å². The van der Waals surface area contributed by atoms with Gasteiger partial charge < -0.3 is 5.32 Å². The zero-order valence-corrected chi connectivity index (χ0v) is 11.5. The Bertz CT molecular complexity index is 532. The molecule has 21 heavy (non-hydrogen) atoms. The van der Waals surface area contributed by atoms with Crippen molar-refractivity contribution in [2.24, 2.45) is 5.92 Å². The molecular weight excluding hydrogens is 281 g/mol. The molecule has 6 heteroatoms. The maximum atomic E-state index is 13.0. The third kappa shape index (κ3) is 2.95. The van der Waals surface area contributed by atoms with Crippen LogP contribution in [0.5, 0.6) is 0 Å². The lowest BCUT2D eigenvalue weighted by Crippen LogP contribution is -2.50. The molecule has 2 atom stereocenters. The minimum Gasteiger partial charge on any atom is -0.311 e. The number of hydrogen-bond acceptors (Lipinski definition) is 3. The number of alkyl halides is 3. The van der Waals surface area contributed by atoms with Crippen molar-refractivity contribution in [2.75, 3.05) is 0 Å². The van der Waals surface area contributed by atoms with E-state index in [1.807, 2.05) is 0 Å². The van der Waals surface area contributed by atoms with E-state index in [4.69, 9.17) is 0 Å². The quantitative estimate of drug-likeness (QED) is 0.853. The van der Waals surface area contributed by atoms with Gasteiger partial charge in [-0.05, 0) is 37.8 Å². The van der Waals surface area contributed by atoms with Crippen LogP contribution in [0.25, 0.3) is 0 Å². The van der Waals surface area contributed by atoms with E-state index in [0.29, 0.717) is 12.8 Å². The minimum absolute atomic E-state index is 0.262. The predicted octanol–water partition coefficient (Wildman–Crippen LogP) is 3.20. The topological polar surface area (TPSA) is 42.0 Å². The van der Waals surface area contributed by atoms with E-state index >= 15 is 0 Å². The molecule has 3 heterocycles. The Morgan fingerprint density at radius 1 is 1.24 bits per heavy atom. The molecule has 0 saturated carbocycles. The minimum atomic E-state index is -4.59. The van der Waals surface area contributed by atoms with Crippen molar-refractivity contribution < 1.29 is 18.0 Å². The highest BCUT2D eigenvalue weighted by molar-refractivity contribution is 5.99. The molecular formula is C15H17F3N2O. The largest absolute Gasteiger partial charge is 0.434 e. The van der Waals surface area contributed by atoms with E-state index in [1.165, 1.54) is 12.1 Å². The molecule has 1 aromatic rings. The van der Waals surface area contributed by atoms with Gasteiger partial charge in [-0.25, -0.2) is 0 Å². The van der Waals surface area contributed by atoms with Crippen LogP contribution < -0.4 is 5.32 Å². The van der Waals surface area contributed by atoms with Gasteiger partial charge in [0.15, 0.2) is 11.5 Å². The molecule has 1 N–H and O–H groups in total. The van der Waals surface area contributed by atoms with Crippen molar-refractivity contribution in [1.29, 1.82) is 0 Å². The van der Waals surface area contributed by atoms with Crippen molar-refractivity contribution in [2.45, 2.75) is 50.4 Å². The molecule has 2 aliphatic rings. The van der Waals surface area contributed by atoms with Crippen LogP contribution in [0.15, 0.2) is 18.3 Å². The number of piperidine rings is 2. The Hall–Kier alpha value is -1.43. The number of nitrogens with zero attached hydrogens (tertiary/aromatic N) is 1. The molecule has 1 aromatic heterocycles. The van der Waals surface area contributed by atoms with Crippen LogP contribution in [-0.2, 0) is 6.18 Å². The first-order valence-corrected chi connectivity index (χ1v) is 7.27. The number of pyridine rings is 1. The van der Waals surface area contributed by atoms with Gasteiger partial charge in [0, 0.05) is 29.8 Å². The first-order valence-electron chi connectivity index (χ1n) is 7.27. The lowest BCUT2D eigenvalue weighted by molar-refractivity contribution is -0.141. The molecule has 0 spiro atoms. The number of halogens is 3. The van der Waals surface area contributed by atoms with E-state index in [0.717, 1.165) is 25.5 Å².